The normalized spacial score (nSPS) is 11.6. The van der Waals surface area contributed by atoms with E-state index in [9.17, 15) is 14.4 Å². The average molecular weight is 464 g/mol. The van der Waals surface area contributed by atoms with Gasteiger partial charge in [0.25, 0.3) is 11.1 Å². The number of benzene rings is 2. The lowest BCUT2D eigenvalue weighted by Crippen LogP contribution is -2.28. The SMILES string of the molecule is CCCOc1ccc(Cc2nn3c(=O)/c(=C\c4ccc(OC(C)=O)cc4)sc3nc2=O)cc1. The number of nitrogens with zero attached hydrogens (tertiary/aromatic N) is 3. The minimum atomic E-state index is -0.458. The summed E-state index contributed by atoms with van der Waals surface area (Å²) in [5, 5.41) is 4.28. The number of carbonyl (C=O) groups is 1. The maximum atomic E-state index is 12.9. The van der Waals surface area contributed by atoms with Crippen molar-refractivity contribution in [2.75, 3.05) is 6.61 Å². The molecule has 0 radical (unpaired) electrons. The molecule has 0 fully saturated rings. The summed E-state index contributed by atoms with van der Waals surface area (Å²) >= 11 is 1.09. The van der Waals surface area contributed by atoms with Gasteiger partial charge in [0.15, 0.2) is 0 Å². The highest BCUT2D eigenvalue weighted by Gasteiger charge is 2.12. The molecule has 33 heavy (non-hydrogen) atoms. The molecule has 2 aromatic heterocycles. The highest BCUT2D eigenvalue weighted by Crippen LogP contribution is 2.15. The van der Waals surface area contributed by atoms with Crippen LogP contribution in [0.1, 0.15) is 37.1 Å². The van der Waals surface area contributed by atoms with E-state index in [0.29, 0.717) is 16.9 Å². The van der Waals surface area contributed by atoms with Gasteiger partial charge in [-0.15, -0.1) is 0 Å². The average Bonchev–Trinajstić information content (AvgIpc) is 3.08. The van der Waals surface area contributed by atoms with E-state index in [1.165, 1.54) is 11.4 Å². The van der Waals surface area contributed by atoms with Crippen LogP contribution in [0.5, 0.6) is 11.5 Å². The molecule has 2 heterocycles. The summed E-state index contributed by atoms with van der Waals surface area (Å²) in [5.74, 6) is 0.776. The standard InChI is InChI=1S/C24H21N3O5S/c1-3-12-31-18-8-4-16(5-9-18)13-20-22(29)25-24-27(26-20)23(30)21(33-24)14-17-6-10-19(11-7-17)32-15(2)28/h4-11,14H,3,12-13H2,1-2H3/b21-14+. The molecule has 0 unspecified atom stereocenters. The van der Waals surface area contributed by atoms with Crippen molar-refractivity contribution in [2.45, 2.75) is 26.7 Å². The van der Waals surface area contributed by atoms with Crippen LogP contribution in [0.15, 0.2) is 58.1 Å². The quantitative estimate of drug-likeness (QED) is 0.306. The summed E-state index contributed by atoms with van der Waals surface area (Å²) in [7, 11) is 0. The largest absolute Gasteiger partial charge is 0.494 e. The Balaban J connectivity index is 1.62. The van der Waals surface area contributed by atoms with Crippen LogP contribution in [-0.4, -0.2) is 27.2 Å². The molecule has 0 aliphatic heterocycles. The van der Waals surface area contributed by atoms with Crippen molar-refractivity contribution in [3.63, 3.8) is 0 Å². The summed E-state index contributed by atoms with van der Waals surface area (Å²) in [4.78, 5) is 40.7. The van der Waals surface area contributed by atoms with Crippen molar-refractivity contribution in [1.82, 2.24) is 14.6 Å². The van der Waals surface area contributed by atoms with Crippen molar-refractivity contribution < 1.29 is 14.3 Å². The van der Waals surface area contributed by atoms with Crippen LogP contribution in [0, 0.1) is 0 Å². The summed E-state index contributed by atoms with van der Waals surface area (Å²) < 4.78 is 12.1. The number of esters is 1. The Kier molecular flexibility index (Phi) is 6.60. The van der Waals surface area contributed by atoms with E-state index in [1.807, 2.05) is 31.2 Å². The van der Waals surface area contributed by atoms with Crippen molar-refractivity contribution in [1.29, 1.82) is 0 Å². The first-order valence-electron chi connectivity index (χ1n) is 10.4. The zero-order chi connectivity index (χ0) is 23.4. The second-order valence-corrected chi connectivity index (χ2v) is 8.31. The van der Waals surface area contributed by atoms with E-state index >= 15 is 0 Å². The van der Waals surface area contributed by atoms with Crippen LogP contribution in [0.2, 0.25) is 0 Å². The molecule has 0 aliphatic carbocycles. The van der Waals surface area contributed by atoms with Gasteiger partial charge >= 0.3 is 5.97 Å². The molecular formula is C24H21N3O5S. The summed E-state index contributed by atoms with van der Waals surface area (Å²) in [6, 6.07) is 14.2. The number of thiazole rings is 1. The van der Waals surface area contributed by atoms with Crippen molar-refractivity contribution >= 4 is 28.3 Å². The van der Waals surface area contributed by atoms with Gasteiger partial charge in [0.1, 0.15) is 17.2 Å². The number of rotatable bonds is 7. The summed E-state index contributed by atoms with van der Waals surface area (Å²) in [6.07, 6.45) is 2.86. The third-order valence-electron chi connectivity index (χ3n) is 4.66. The summed E-state index contributed by atoms with van der Waals surface area (Å²) in [6.45, 7) is 4.01. The highest BCUT2D eigenvalue weighted by molar-refractivity contribution is 7.15. The van der Waals surface area contributed by atoms with Crippen molar-refractivity contribution in [3.8, 4) is 11.5 Å². The lowest BCUT2D eigenvalue weighted by Gasteiger charge is -2.05. The third-order valence-corrected chi connectivity index (χ3v) is 5.62. The molecule has 0 aliphatic rings. The Morgan fingerprint density at radius 2 is 1.76 bits per heavy atom. The summed E-state index contributed by atoms with van der Waals surface area (Å²) in [5.41, 5.74) is 0.994. The van der Waals surface area contributed by atoms with Crippen molar-refractivity contribution in [3.05, 3.63) is 90.6 Å². The van der Waals surface area contributed by atoms with E-state index in [1.54, 1.807) is 30.3 Å². The molecule has 0 amide bonds. The first-order valence-corrected chi connectivity index (χ1v) is 11.2. The van der Waals surface area contributed by atoms with E-state index < -0.39 is 11.5 Å². The van der Waals surface area contributed by atoms with Crippen LogP contribution in [-0.2, 0) is 11.2 Å². The first kappa shape index (κ1) is 22.3. The third kappa shape index (κ3) is 5.32. The second kappa shape index (κ2) is 9.74. The zero-order valence-electron chi connectivity index (χ0n) is 18.1. The van der Waals surface area contributed by atoms with Gasteiger partial charge in [0.05, 0.1) is 11.1 Å². The molecule has 0 atom stereocenters. The Bertz CT molecular complexity index is 1460. The fourth-order valence-electron chi connectivity index (χ4n) is 3.12. The minimum Gasteiger partial charge on any atom is -0.494 e. The van der Waals surface area contributed by atoms with Crippen LogP contribution < -0.4 is 25.1 Å². The van der Waals surface area contributed by atoms with Gasteiger partial charge in [-0.3, -0.25) is 14.4 Å². The number of hydrogen-bond acceptors (Lipinski definition) is 8. The Morgan fingerprint density at radius 3 is 2.42 bits per heavy atom. The Labute approximate surface area is 192 Å². The fourth-order valence-corrected chi connectivity index (χ4v) is 4.02. The molecule has 4 aromatic rings. The van der Waals surface area contributed by atoms with Crippen LogP contribution in [0.3, 0.4) is 0 Å². The minimum absolute atomic E-state index is 0.196. The van der Waals surface area contributed by atoms with E-state index in [0.717, 1.165) is 34.6 Å². The van der Waals surface area contributed by atoms with Crippen LogP contribution in [0.25, 0.3) is 11.0 Å². The second-order valence-electron chi connectivity index (χ2n) is 7.31. The topological polar surface area (TPSA) is 99.9 Å². The van der Waals surface area contributed by atoms with E-state index in [-0.39, 0.29) is 22.6 Å². The molecule has 0 spiro atoms. The first-order chi connectivity index (χ1) is 15.9. The maximum Gasteiger partial charge on any atom is 0.308 e. The number of carbonyl (C=O) groups excluding carboxylic acids is 1. The molecule has 0 N–H and O–H groups in total. The molecule has 0 saturated carbocycles. The number of aromatic nitrogens is 3. The fraction of sp³-hybridized carbons (Fsp3) is 0.208. The lowest BCUT2D eigenvalue weighted by atomic mass is 10.1. The Hall–Kier alpha value is -3.85. The van der Waals surface area contributed by atoms with Gasteiger partial charge < -0.3 is 9.47 Å². The van der Waals surface area contributed by atoms with Gasteiger partial charge in [-0.2, -0.15) is 14.6 Å². The van der Waals surface area contributed by atoms with Crippen LogP contribution in [0.4, 0.5) is 0 Å². The number of fused-ring (bicyclic) bond motifs is 1. The predicted molar refractivity (Wildman–Crippen MR) is 125 cm³/mol. The predicted octanol–water partition coefficient (Wildman–Crippen LogP) is 2.36. The van der Waals surface area contributed by atoms with Gasteiger partial charge in [0, 0.05) is 13.3 Å². The van der Waals surface area contributed by atoms with Gasteiger partial charge in [-0.25, -0.2) is 0 Å². The van der Waals surface area contributed by atoms with Gasteiger partial charge in [-0.05, 0) is 47.9 Å². The number of ether oxygens (including phenoxy) is 2. The highest BCUT2D eigenvalue weighted by atomic mass is 32.1. The van der Waals surface area contributed by atoms with E-state index in [2.05, 4.69) is 10.1 Å². The van der Waals surface area contributed by atoms with Crippen LogP contribution >= 0.6 is 11.3 Å². The molecule has 4 rings (SSSR count). The van der Waals surface area contributed by atoms with Crippen molar-refractivity contribution in [2.24, 2.45) is 0 Å². The molecule has 9 heteroatoms. The molecule has 0 saturated heterocycles. The van der Waals surface area contributed by atoms with Gasteiger partial charge in [0.2, 0.25) is 4.96 Å². The molecule has 2 aromatic carbocycles. The molecule has 8 nitrogen and oxygen atoms in total. The molecular weight excluding hydrogens is 442 g/mol. The smallest absolute Gasteiger partial charge is 0.308 e. The molecule has 168 valence electrons. The molecule has 0 bridgehead atoms. The zero-order valence-corrected chi connectivity index (χ0v) is 18.9. The number of hydrogen-bond donors (Lipinski definition) is 0. The lowest BCUT2D eigenvalue weighted by molar-refractivity contribution is -0.131. The van der Waals surface area contributed by atoms with Gasteiger partial charge in [-0.1, -0.05) is 42.5 Å². The van der Waals surface area contributed by atoms with E-state index in [4.69, 9.17) is 9.47 Å². The maximum absolute atomic E-state index is 12.9. The monoisotopic (exact) mass is 463 g/mol. The Morgan fingerprint density at radius 1 is 1.06 bits per heavy atom.